The van der Waals surface area contributed by atoms with E-state index in [1.165, 1.54) is 4.90 Å². The summed E-state index contributed by atoms with van der Waals surface area (Å²) >= 11 is 0. The van der Waals surface area contributed by atoms with Crippen LogP contribution in [0.25, 0.3) is 0 Å². The van der Waals surface area contributed by atoms with Crippen molar-refractivity contribution in [2.75, 3.05) is 13.1 Å². The van der Waals surface area contributed by atoms with E-state index >= 15 is 0 Å². The molecule has 0 spiro atoms. The van der Waals surface area contributed by atoms with Gasteiger partial charge in [-0.15, -0.1) is 12.8 Å². The minimum atomic E-state index is -0.906. The summed E-state index contributed by atoms with van der Waals surface area (Å²) in [6.07, 6.45) is 2.67. The Bertz CT molecular complexity index is 292. The maximum atomic E-state index is 12.1. The first-order valence-electron chi connectivity index (χ1n) is 5.64. The molecule has 2 aliphatic rings. The van der Waals surface area contributed by atoms with E-state index < -0.39 is 12.0 Å². The predicted molar refractivity (Wildman–Crippen MR) is 57.2 cm³/mol. The zero-order valence-corrected chi connectivity index (χ0v) is 12.5. The van der Waals surface area contributed by atoms with E-state index in [0.29, 0.717) is 12.8 Å². The Morgan fingerprint density at radius 1 is 1.35 bits per heavy atom. The number of nitrogens with one attached hydrogen (secondary N) is 1. The monoisotopic (exact) mass is 313 g/mol. The van der Waals surface area contributed by atoms with Gasteiger partial charge in [0, 0.05) is 32.7 Å². The van der Waals surface area contributed by atoms with Crippen LogP contribution in [0.3, 0.4) is 0 Å². The van der Waals surface area contributed by atoms with Crippen molar-refractivity contribution in [3.63, 3.8) is 0 Å². The number of carbonyl (C=O) groups excluding carboxylic acids is 1. The summed E-state index contributed by atoms with van der Waals surface area (Å²) in [7, 11) is 0. The number of hydrogen-bond acceptors (Lipinski definition) is 3. The molecule has 17 heavy (non-hydrogen) atoms. The third-order valence-corrected chi connectivity index (χ3v) is 3.13. The molecule has 1 radical (unpaired) electrons. The first-order chi connectivity index (χ1) is 7.70. The Morgan fingerprint density at radius 3 is 2.59 bits per heavy atom. The number of carbonyl (C=O) groups is 2. The molecule has 0 bridgehead atoms. The zero-order valence-electron chi connectivity index (χ0n) is 9.69. The summed E-state index contributed by atoms with van der Waals surface area (Å²) in [4.78, 5) is 24.5. The minimum absolute atomic E-state index is 0. The van der Waals surface area contributed by atoms with Crippen LogP contribution in [-0.4, -0.2) is 41.0 Å². The van der Waals surface area contributed by atoms with Crippen molar-refractivity contribution in [3.8, 4) is 0 Å². The Morgan fingerprint density at radius 2 is 2.00 bits per heavy atom. The van der Waals surface area contributed by atoms with Gasteiger partial charge in [0.25, 0.3) is 0 Å². The van der Waals surface area contributed by atoms with E-state index in [1.54, 1.807) is 6.54 Å². The molecule has 0 aromatic rings. The van der Waals surface area contributed by atoms with E-state index in [-0.39, 0.29) is 38.6 Å². The van der Waals surface area contributed by atoms with Gasteiger partial charge in [-0.2, -0.15) is 6.42 Å². The first-order valence-corrected chi connectivity index (χ1v) is 5.64. The predicted octanol–water partition coefficient (Wildman–Crippen LogP) is 0.179. The van der Waals surface area contributed by atoms with E-state index in [0.717, 1.165) is 31.8 Å². The number of rotatable bonds is 2. The van der Waals surface area contributed by atoms with Gasteiger partial charge in [-0.05, 0) is 19.5 Å². The molecule has 0 aromatic heterocycles. The molecule has 93 valence electrons. The number of aliphatic carboxylic acids is 1. The van der Waals surface area contributed by atoms with E-state index in [4.69, 9.17) is 5.11 Å². The van der Waals surface area contributed by atoms with Crippen molar-refractivity contribution >= 4 is 11.9 Å². The van der Waals surface area contributed by atoms with Crippen molar-refractivity contribution in [2.45, 2.75) is 31.7 Å². The van der Waals surface area contributed by atoms with Crippen LogP contribution in [0, 0.1) is 12.5 Å². The van der Waals surface area contributed by atoms with Crippen molar-refractivity contribution in [1.29, 1.82) is 0 Å². The molecule has 6 heteroatoms. The minimum Gasteiger partial charge on any atom is -0.507 e. The van der Waals surface area contributed by atoms with Crippen LogP contribution in [0.1, 0.15) is 25.7 Å². The van der Waals surface area contributed by atoms with Gasteiger partial charge in [0.05, 0.1) is 11.9 Å². The molecule has 1 atom stereocenters. The number of likely N-dealkylation sites (tertiary alicyclic amines) is 1. The van der Waals surface area contributed by atoms with Crippen LogP contribution in [0.5, 0.6) is 0 Å². The van der Waals surface area contributed by atoms with Crippen LogP contribution in [0.4, 0.5) is 0 Å². The maximum absolute atomic E-state index is 12.1. The topological polar surface area (TPSA) is 69.6 Å². The zero-order chi connectivity index (χ0) is 11.5. The number of amides is 1. The number of carboxylic acids is 1. The third-order valence-electron chi connectivity index (χ3n) is 3.13. The van der Waals surface area contributed by atoms with Gasteiger partial charge in [-0.25, -0.2) is 6.54 Å². The molecule has 0 saturated carbocycles. The summed E-state index contributed by atoms with van der Waals surface area (Å²) in [6, 6.07) is -0.658. The number of nitrogens with zero attached hydrogens (tertiary/aromatic N) is 1. The van der Waals surface area contributed by atoms with E-state index in [1.807, 2.05) is 0 Å². The molecule has 5 nitrogen and oxygen atoms in total. The standard InChI is InChI=1S/C11H16N2O3.Y/c14-10(8-3-5-12-6-4-8)13-7-1-2-9(13)11(15)16;/h7,9,12H,1-6H2,(H,15,16);/q-2;. The fourth-order valence-electron chi connectivity index (χ4n) is 2.23. The molecular weight excluding hydrogens is 297 g/mol. The third kappa shape index (κ3) is 3.42. The molecule has 1 amide bonds. The Labute approximate surface area is 126 Å². The van der Waals surface area contributed by atoms with Gasteiger partial charge < -0.3 is 20.1 Å². The maximum Gasteiger partial charge on any atom is 0.323 e. The van der Waals surface area contributed by atoms with Crippen LogP contribution >= 0.6 is 0 Å². The molecule has 1 unspecified atom stereocenters. The van der Waals surface area contributed by atoms with Crippen LogP contribution in [-0.2, 0) is 42.3 Å². The summed E-state index contributed by atoms with van der Waals surface area (Å²) in [5.74, 6) is -0.147. The Kier molecular flexibility index (Phi) is 5.90. The molecule has 2 aliphatic heterocycles. The fourth-order valence-corrected chi connectivity index (χ4v) is 2.23. The number of hydrogen-bond donors (Lipinski definition) is 2. The molecule has 2 fully saturated rings. The van der Waals surface area contributed by atoms with Gasteiger partial charge in [-0.1, -0.05) is 0 Å². The average Bonchev–Trinajstić information content (AvgIpc) is 2.78. The van der Waals surface area contributed by atoms with Crippen molar-refractivity contribution in [2.24, 2.45) is 0 Å². The summed E-state index contributed by atoms with van der Waals surface area (Å²) in [5.41, 5.74) is 0. The van der Waals surface area contributed by atoms with Gasteiger partial charge in [0.2, 0.25) is 0 Å². The van der Waals surface area contributed by atoms with Gasteiger partial charge >= 0.3 is 5.97 Å². The number of piperidine rings is 1. The van der Waals surface area contributed by atoms with Gasteiger partial charge in [0.1, 0.15) is 0 Å². The fraction of sp³-hybridized carbons (Fsp3) is 0.636. The summed E-state index contributed by atoms with van der Waals surface area (Å²) in [5, 5.41) is 12.2. The summed E-state index contributed by atoms with van der Waals surface area (Å²) < 4.78 is 0. The Balaban J connectivity index is 0.00000144. The van der Waals surface area contributed by atoms with Crippen LogP contribution < -0.4 is 5.32 Å². The smallest absolute Gasteiger partial charge is 0.323 e. The van der Waals surface area contributed by atoms with Crippen LogP contribution in [0.2, 0.25) is 0 Å². The molecule has 2 saturated heterocycles. The number of carboxylic acid groups (broad SMARTS) is 1. The van der Waals surface area contributed by atoms with Crippen molar-refractivity contribution < 1.29 is 47.4 Å². The molecule has 2 N–H and O–H groups in total. The SMILES string of the molecule is O=C(O)C1CC[CH-]N1C(=O)[C-]1CCNCC1.[Y]. The molecule has 2 rings (SSSR count). The van der Waals surface area contributed by atoms with Crippen molar-refractivity contribution in [3.05, 3.63) is 12.5 Å². The first kappa shape index (κ1) is 14.9. The summed E-state index contributed by atoms with van der Waals surface area (Å²) in [6.45, 7) is 3.34. The Hall–Kier alpha value is -0.126. The van der Waals surface area contributed by atoms with Crippen LogP contribution in [0.15, 0.2) is 0 Å². The van der Waals surface area contributed by atoms with Crippen molar-refractivity contribution in [1.82, 2.24) is 10.2 Å². The molecule has 2 heterocycles. The second kappa shape index (κ2) is 6.71. The molecule has 0 aliphatic carbocycles. The normalized spacial score (nSPS) is 24.4. The second-order valence-corrected chi connectivity index (χ2v) is 4.18. The van der Waals surface area contributed by atoms with Gasteiger partial charge in [0.15, 0.2) is 0 Å². The van der Waals surface area contributed by atoms with E-state index in [9.17, 15) is 9.59 Å². The second-order valence-electron chi connectivity index (χ2n) is 4.18. The van der Waals surface area contributed by atoms with E-state index in [2.05, 4.69) is 5.32 Å². The van der Waals surface area contributed by atoms with Gasteiger partial charge in [-0.3, -0.25) is 10.7 Å². The quantitative estimate of drug-likeness (QED) is 0.714. The molecular formula is C11H16N2O3Y-2. The largest absolute Gasteiger partial charge is 0.507 e. The average molecular weight is 313 g/mol. The molecule has 0 aromatic carbocycles.